The number of anilines is 1. The van der Waals surface area contributed by atoms with Crippen molar-refractivity contribution in [2.75, 3.05) is 12.4 Å². The number of aliphatic carboxylic acids is 1. The maximum atomic E-state index is 13.1. The van der Waals surface area contributed by atoms with Gasteiger partial charge in [0, 0.05) is 24.1 Å². The fourth-order valence-corrected chi connectivity index (χ4v) is 3.78. The van der Waals surface area contributed by atoms with E-state index in [4.69, 9.17) is 9.84 Å². The minimum Gasteiger partial charge on any atom is -0.497 e. The number of carboxylic acid groups (broad SMARTS) is 1. The van der Waals surface area contributed by atoms with Crippen molar-refractivity contribution in [3.8, 4) is 5.75 Å². The summed E-state index contributed by atoms with van der Waals surface area (Å²) in [5.41, 5.74) is 1.29. The highest BCUT2D eigenvalue weighted by Crippen LogP contribution is 2.47. The molecule has 148 valence electrons. The summed E-state index contributed by atoms with van der Waals surface area (Å²) in [5, 5.41) is 17.4. The molecule has 1 atom stereocenters. The number of rotatable bonds is 5. The zero-order valence-electron chi connectivity index (χ0n) is 15.7. The second kappa shape index (κ2) is 7.05. The quantitative estimate of drug-likeness (QED) is 0.811. The van der Waals surface area contributed by atoms with Gasteiger partial charge in [0.15, 0.2) is 5.54 Å². The van der Waals surface area contributed by atoms with Gasteiger partial charge in [0.05, 0.1) is 19.2 Å². The van der Waals surface area contributed by atoms with Gasteiger partial charge >= 0.3 is 5.97 Å². The summed E-state index contributed by atoms with van der Waals surface area (Å²) in [6.45, 7) is 0. The monoisotopic (exact) mass is 393 g/mol. The van der Waals surface area contributed by atoms with Crippen LogP contribution in [0.4, 0.5) is 5.69 Å². The third kappa shape index (κ3) is 3.02. The summed E-state index contributed by atoms with van der Waals surface area (Å²) in [6, 6.07) is 14.3. The number of hydrogen-bond donors (Lipinski definition) is 2. The van der Waals surface area contributed by atoms with Crippen molar-refractivity contribution >= 4 is 29.2 Å². The van der Waals surface area contributed by atoms with Crippen LogP contribution in [-0.2, 0) is 19.9 Å². The maximum absolute atomic E-state index is 13.1. The Morgan fingerprint density at radius 3 is 2.59 bits per heavy atom. The minimum absolute atomic E-state index is 0.195. The molecule has 2 heterocycles. The Kier molecular flexibility index (Phi) is 4.54. The molecular weight excluding hydrogens is 374 g/mol. The Hall–Kier alpha value is -3.68. The van der Waals surface area contributed by atoms with Gasteiger partial charge in [0.2, 0.25) is 5.91 Å². The van der Waals surface area contributed by atoms with Crippen molar-refractivity contribution in [3.05, 3.63) is 59.7 Å². The van der Waals surface area contributed by atoms with E-state index in [-0.39, 0.29) is 25.2 Å². The van der Waals surface area contributed by atoms with Crippen LogP contribution in [0.3, 0.4) is 0 Å². The molecule has 2 N–H and O–H groups in total. The second-order valence-electron chi connectivity index (χ2n) is 6.91. The predicted octanol–water partition coefficient (Wildman–Crippen LogP) is 2.34. The first-order valence-corrected chi connectivity index (χ1v) is 9.13. The molecule has 2 aromatic carbocycles. The van der Waals surface area contributed by atoms with E-state index in [1.54, 1.807) is 43.5 Å². The standard InChI is InChI=1S/C21H19N3O5/c1-29-14-8-6-13(7-9-14)17-12-21(24(23-17)18(25)10-11-19(26)27)15-4-2-3-5-16(15)22-20(21)28/h2-9H,10-12H2,1H3,(H,22,28)(H,26,27). The predicted molar refractivity (Wildman–Crippen MR) is 105 cm³/mol. The average Bonchev–Trinajstić information content (AvgIpc) is 3.26. The number of hydrazone groups is 1. The molecule has 0 saturated carbocycles. The molecule has 8 nitrogen and oxygen atoms in total. The van der Waals surface area contributed by atoms with Gasteiger partial charge in [-0.1, -0.05) is 18.2 Å². The Bertz CT molecular complexity index is 1030. The third-order valence-electron chi connectivity index (χ3n) is 5.21. The molecule has 8 heteroatoms. The van der Waals surface area contributed by atoms with Crippen molar-refractivity contribution in [1.82, 2.24) is 5.01 Å². The van der Waals surface area contributed by atoms with Gasteiger partial charge in [0.25, 0.3) is 5.91 Å². The summed E-state index contributed by atoms with van der Waals surface area (Å²) < 4.78 is 5.18. The Balaban J connectivity index is 1.77. The molecule has 0 aliphatic carbocycles. The van der Waals surface area contributed by atoms with Crippen molar-refractivity contribution < 1.29 is 24.2 Å². The summed E-state index contributed by atoms with van der Waals surface area (Å²) >= 11 is 0. The van der Waals surface area contributed by atoms with Crippen LogP contribution in [0.15, 0.2) is 53.6 Å². The van der Waals surface area contributed by atoms with Gasteiger partial charge in [0.1, 0.15) is 5.75 Å². The number of benzene rings is 2. The van der Waals surface area contributed by atoms with Crippen molar-refractivity contribution in [3.63, 3.8) is 0 Å². The van der Waals surface area contributed by atoms with Crippen molar-refractivity contribution in [2.45, 2.75) is 24.8 Å². The number of carbonyl (C=O) groups is 3. The van der Waals surface area contributed by atoms with E-state index in [9.17, 15) is 14.4 Å². The van der Waals surface area contributed by atoms with Crippen LogP contribution in [0.5, 0.6) is 5.75 Å². The van der Waals surface area contributed by atoms with Crippen LogP contribution >= 0.6 is 0 Å². The van der Waals surface area contributed by atoms with Crippen LogP contribution < -0.4 is 10.1 Å². The SMILES string of the molecule is COc1ccc(C2=NN(C(=O)CCC(=O)O)C3(C2)C(=O)Nc2ccccc23)cc1. The third-order valence-corrected chi connectivity index (χ3v) is 5.21. The van der Waals surface area contributed by atoms with Crippen molar-refractivity contribution in [2.24, 2.45) is 5.10 Å². The van der Waals surface area contributed by atoms with Gasteiger partial charge in [-0.15, -0.1) is 0 Å². The molecule has 0 saturated heterocycles. The number of hydrogen-bond acceptors (Lipinski definition) is 5. The van der Waals surface area contributed by atoms with Crippen LogP contribution in [0.1, 0.15) is 30.4 Å². The summed E-state index contributed by atoms with van der Waals surface area (Å²) in [7, 11) is 1.57. The van der Waals surface area contributed by atoms with E-state index >= 15 is 0 Å². The van der Waals surface area contributed by atoms with Crippen molar-refractivity contribution in [1.29, 1.82) is 0 Å². The molecule has 0 aromatic heterocycles. The van der Waals surface area contributed by atoms with Gasteiger partial charge < -0.3 is 15.2 Å². The Morgan fingerprint density at radius 1 is 1.17 bits per heavy atom. The largest absolute Gasteiger partial charge is 0.497 e. The minimum atomic E-state index is -1.32. The fourth-order valence-electron chi connectivity index (χ4n) is 3.78. The lowest BCUT2D eigenvalue weighted by molar-refractivity contribution is -0.146. The lowest BCUT2D eigenvalue weighted by Crippen LogP contribution is -2.48. The molecule has 0 fully saturated rings. The zero-order chi connectivity index (χ0) is 20.6. The van der Waals surface area contributed by atoms with Gasteiger partial charge in [-0.25, -0.2) is 5.01 Å². The van der Waals surface area contributed by atoms with Gasteiger partial charge in [-0.2, -0.15) is 5.10 Å². The number of para-hydroxylation sites is 1. The normalized spacial score (nSPS) is 19.7. The van der Waals surface area contributed by atoms with Crippen LogP contribution in [0.25, 0.3) is 0 Å². The highest BCUT2D eigenvalue weighted by atomic mass is 16.5. The summed E-state index contributed by atoms with van der Waals surface area (Å²) in [4.78, 5) is 36.9. The fraction of sp³-hybridized carbons (Fsp3) is 0.238. The molecule has 2 amide bonds. The molecule has 1 unspecified atom stereocenters. The van der Waals surface area contributed by atoms with Gasteiger partial charge in [-0.05, 0) is 35.9 Å². The molecular formula is C21H19N3O5. The van der Waals surface area contributed by atoms with E-state index in [1.165, 1.54) is 0 Å². The molecule has 1 spiro atoms. The number of carboxylic acids is 1. The number of fused-ring (bicyclic) bond motifs is 2. The van der Waals surface area contributed by atoms with E-state index < -0.39 is 17.4 Å². The first-order chi connectivity index (χ1) is 14.0. The summed E-state index contributed by atoms with van der Waals surface area (Å²) in [5.74, 6) is -1.26. The number of ether oxygens (including phenoxy) is 1. The smallest absolute Gasteiger partial charge is 0.303 e. The second-order valence-corrected chi connectivity index (χ2v) is 6.91. The number of amides is 2. The molecule has 0 bridgehead atoms. The highest BCUT2D eigenvalue weighted by molar-refractivity contribution is 6.15. The van der Waals surface area contributed by atoms with Crippen LogP contribution in [-0.4, -0.2) is 40.7 Å². The van der Waals surface area contributed by atoms with E-state index in [1.807, 2.05) is 12.1 Å². The topological polar surface area (TPSA) is 108 Å². The maximum Gasteiger partial charge on any atom is 0.303 e. The summed E-state index contributed by atoms with van der Waals surface area (Å²) in [6.07, 6.45) is -0.380. The molecule has 0 radical (unpaired) electrons. The number of methoxy groups -OCH3 is 1. The average molecular weight is 393 g/mol. The first kappa shape index (κ1) is 18.7. The van der Waals surface area contributed by atoms with E-state index in [0.29, 0.717) is 22.7 Å². The number of nitrogens with one attached hydrogen (secondary N) is 1. The van der Waals surface area contributed by atoms with Crippen LogP contribution in [0, 0.1) is 0 Å². The Morgan fingerprint density at radius 2 is 1.90 bits per heavy atom. The van der Waals surface area contributed by atoms with Crippen LogP contribution in [0.2, 0.25) is 0 Å². The molecule has 4 rings (SSSR count). The number of carbonyl (C=O) groups excluding carboxylic acids is 2. The Labute approximate surface area is 166 Å². The molecule has 2 aliphatic rings. The zero-order valence-corrected chi connectivity index (χ0v) is 15.7. The molecule has 29 heavy (non-hydrogen) atoms. The van der Waals surface area contributed by atoms with E-state index in [0.717, 1.165) is 10.6 Å². The first-order valence-electron chi connectivity index (χ1n) is 9.13. The lowest BCUT2D eigenvalue weighted by atomic mass is 9.85. The van der Waals surface area contributed by atoms with E-state index in [2.05, 4.69) is 10.4 Å². The van der Waals surface area contributed by atoms with Gasteiger partial charge in [-0.3, -0.25) is 14.4 Å². The lowest BCUT2D eigenvalue weighted by Gasteiger charge is -2.30. The number of nitrogens with zero attached hydrogens (tertiary/aromatic N) is 2. The molecule has 2 aromatic rings. The molecule has 2 aliphatic heterocycles. The highest BCUT2D eigenvalue weighted by Gasteiger charge is 2.57.